The predicted octanol–water partition coefficient (Wildman–Crippen LogP) is 3.06. The summed E-state index contributed by atoms with van der Waals surface area (Å²) in [7, 11) is 0. The number of fused-ring (bicyclic) bond motifs is 1. The minimum Gasteiger partial charge on any atom is -0.391 e. The first-order valence-corrected chi connectivity index (χ1v) is 6.06. The molecule has 78 valence electrons. The van der Waals surface area contributed by atoms with Gasteiger partial charge in [0.2, 0.25) is 0 Å². The van der Waals surface area contributed by atoms with E-state index in [-0.39, 0.29) is 6.61 Å². The Hall–Kier alpha value is -0.340. The number of aryl methyl sites for hydroxylation is 1. The minimum absolute atomic E-state index is 0.212. The summed E-state index contributed by atoms with van der Waals surface area (Å²) < 4.78 is 0. The van der Waals surface area contributed by atoms with E-state index in [1.54, 1.807) is 0 Å². The zero-order chi connectivity index (χ0) is 10.3. The summed E-state index contributed by atoms with van der Waals surface area (Å²) >= 11 is 1.81. The van der Waals surface area contributed by atoms with Crippen molar-refractivity contribution in [2.24, 2.45) is 5.41 Å². The normalized spacial score (nSPS) is 19.4. The van der Waals surface area contributed by atoms with Gasteiger partial charge in [-0.3, -0.25) is 0 Å². The fourth-order valence-electron chi connectivity index (χ4n) is 2.27. The van der Waals surface area contributed by atoms with Crippen molar-refractivity contribution in [1.82, 2.24) is 0 Å². The van der Waals surface area contributed by atoms with Crippen molar-refractivity contribution in [3.8, 4) is 0 Å². The van der Waals surface area contributed by atoms with Crippen LogP contribution in [-0.4, -0.2) is 5.11 Å². The summed E-state index contributed by atoms with van der Waals surface area (Å²) in [6, 6.07) is 0. The first kappa shape index (κ1) is 10.2. The molecule has 1 heterocycles. The van der Waals surface area contributed by atoms with E-state index in [0.717, 1.165) is 0 Å². The van der Waals surface area contributed by atoms with Crippen molar-refractivity contribution in [2.45, 2.75) is 46.6 Å². The molecule has 0 aromatic carbocycles. The molecule has 1 N–H and O–H groups in total. The summed E-state index contributed by atoms with van der Waals surface area (Å²) in [4.78, 5) is 2.69. The van der Waals surface area contributed by atoms with Gasteiger partial charge in [0.25, 0.3) is 0 Å². The van der Waals surface area contributed by atoms with Crippen LogP contribution in [0.3, 0.4) is 0 Å². The summed E-state index contributed by atoms with van der Waals surface area (Å²) in [5.74, 6) is 0. The van der Waals surface area contributed by atoms with Crippen LogP contribution in [0, 0.1) is 12.3 Å². The fourth-order valence-corrected chi connectivity index (χ4v) is 3.46. The van der Waals surface area contributed by atoms with E-state index in [9.17, 15) is 5.11 Å². The number of rotatable bonds is 1. The SMILES string of the molecule is Cc1c(CO)sc2c1CC(C)(C)CC2. The molecule has 0 saturated heterocycles. The van der Waals surface area contributed by atoms with Crippen LogP contribution in [0.4, 0.5) is 0 Å². The Morgan fingerprint density at radius 2 is 2.14 bits per heavy atom. The molecule has 0 saturated carbocycles. The lowest BCUT2D eigenvalue weighted by Crippen LogP contribution is -2.21. The highest BCUT2D eigenvalue weighted by molar-refractivity contribution is 7.12. The van der Waals surface area contributed by atoms with E-state index < -0.39 is 0 Å². The largest absolute Gasteiger partial charge is 0.391 e. The van der Waals surface area contributed by atoms with Gasteiger partial charge in [0, 0.05) is 9.75 Å². The molecule has 0 aliphatic heterocycles. The van der Waals surface area contributed by atoms with Crippen LogP contribution in [0.25, 0.3) is 0 Å². The zero-order valence-corrected chi connectivity index (χ0v) is 10.0. The maximum absolute atomic E-state index is 9.21. The molecule has 0 atom stereocenters. The van der Waals surface area contributed by atoms with Gasteiger partial charge in [-0.1, -0.05) is 13.8 Å². The Labute approximate surface area is 89.8 Å². The van der Waals surface area contributed by atoms with Gasteiger partial charge < -0.3 is 5.11 Å². The van der Waals surface area contributed by atoms with Gasteiger partial charge in [-0.2, -0.15) is 0 Å². The van der Waals surface area contributed by atoms with Gasteiger partial charge >= 0.3 is 0 Å². The first-order valence-electron chi connectivity index (χ1n) is 5.24. The van der Waals surface area contributed by atoms with Crippen molar-refractivity contribution in [3.05, 3.63) is 20.9 Å². The van der Waals surface area contributed by atoms with Crippen molar-refractivity contribution in [3.63, 3.8) is 0 Å². The maximum atomic E-state index is 9.21. The molecule has 0 radical (unpaired) electrons. The van der Waals surface area contributed by atoms with Gasteiger partial charge in [-0.05, 0) is 42.7 Å². The topological polar surface area (TPSA) is 20.2 Å². The molecule has 1 aromatic rings. The van der Waals surface area contributed by atoms with Crippen LogP contribution in [0.1, 0.15) is 41.1 Å². The molecule has 0 fully saturated rings. The molecule has 0 unspecified atom stereocenters. The smallest absolute Gasteiger partial charge is 0.0777 e. The van der Waals surface area contributed by atoms with Gasteiger partial charge in [0.15, 0.2) is 0 Å². The van der Waals surface area contributed by atoms with Gasteiger partial charge in [0.05, 0.1) is 6.61 Å². The average molecular weight is 210 g/mol. The minimum atomic E-state index is 0.212. The van der Waals surface area contributed by atoms with Gasteiger partial charge in [-0.15, -0.1) is 11.3 Å². The standard InChI is InChI=1S/C12H18OS/c1-8-9-6-12(2,3)5-4-10(9)14-11(8)7-13/h13H,4-7H2,1-3H3. The first-order chi connectivity index (χ1) is 6.53. The van der Waals surface area contributed by atoms with Gasteiger partial charge in [-0.25, -0.2) is 0 Å². The van der Waals surface area contributed by atoms with Crippen LogP contribution in [0.5, 0.6) is 0 Å². The van der Waals surface area contributed by atoms with Gasteiger partial charge in [0.1, 0.15) is 0 Å². The summed E-state index contributed by atoms with van der Waals surface area (Å²) in [6.45, 7) is 7.05. The third-order valence-corrected chi connectivity index (χ3v) is 4.66. The van der Waals surface area contributed by atoms with E-state index in [4.69, 9.17) is 0 Å². The number of hydrogen-bond donors (Lipinski definition) is 1. The Kier molecular flexibility index (Phi) is 2.44. The maximum Gasteiger partial charge on any atom is 0.0777 e. The number of aliphatic hydroxyl groups excluding tert-OH is 1. The third-order valence-electron chi connectivity index (χ3n) is 3.28. The Balaban J connectivity index is 2.41. The lowest BCUT2D eigenvalue weighted by Gasteiger charge is -2.29. The molecule has 14 heavy (non-hydrogen) atoms. The van der Waals surface area contributed by atoms with Crippen LogP contribution >= 0.6 is 11.3 Å². The van der Waals surface area contributed by atoms with E-state index in [2.05, 4.69) is 20.8 Å². The molecule has 0 amide bonds. The lowest BCUT2D eigenvalue weighted by atomic mass is 9.76. The average Bonchev–Trinajstić information content (AvgIpc) is 2.42. The van der Waals surface area contributed by atoms with Crippen LogP contribution in [0.2, 0.25) is 0 Å². The molecular formula is C12H18OS. The molecule has 1 aromatic heterocycles. The molecular weight excluding hydrogens is 192 g/mol. The second kappa shape index (κ2) is 3.35. The lowest BCUT2D eigenvalue weighted by molar-refractivity contribution is 0.284. The Bertz CT molecular complexity index is 349. The number of hydrogen-bond acceptors (Lipinski definition) is 2. The van der Waals surface area contributed by atoms with Crippen LogP contribution in [0.15, 0.2) is 0 Å². The summed E-state index contributed by atoms with van der Waals surface area (Å²) in [5, 5.41) is 9.21. The highest BCUT2D eigenvalue weighted by atomic mass is 32.1. The van der Waals surface area contributed by atoms with Crippen molar-refractivity contribution < 1.29 is 5.11 Å². The number of aliphatic hydroxyl groups is 1. The fraction of sp³-hybridized carbons (Fsp3) is 0.667. The molecule has 0 spiro atoms. The molecule has 0 bridgehead atoms. The second-order valence-corrected chi connectivity index (χ2v) is 6.24. The zero-order valence-electron chi connectivity index (χ0n) is 9.18. The second-order valence-electron chi connectivity index (χ2n) is 5.05. The monoisotopic (exact) mass is 210 g/mol. The Morgan fingerprint density at radius 1 is 1.43 bits per heavy atom. The van der Waals surface area contributed by atoms with Crippen LogP contribution < -0.4 is 0 Å². The molecule has 2 rings (SSSR count). The molecule has 2 heteroatoms. The third kappa shape index (κ3) is 1.61. The van der Waals surface area contributed by atoms with Crippen molar-refractivity contribution in [1.29, 1.82) is 0 Å². The Morgan fingerprint density at radius 3 is 2.79 bits per heavy atom. The van der Waals surface area contributed by atoms with E-state index in [1.807, 2.05) is 11.3 Å². The summed E-state index contributed by atoms with van der Waals surface area (Å²) in [5.41, 5.74) is 3.32. The molecule has 1 nitrogen and oxygen atoms in total. The van der Waals surface area contributed by atoms with E-state index in [1.165, 1.54) is 40.1 Å². The molecule has 1 aliphatic carbocycles. The summed E-state index contributed by atoms with van der Waals surface area (Å²) in [6.07, 6.45) is 3.67. The van der Waals surface area contributed by atoms with Crippen LogP contribution in [-0.2, 0) is 19.4 Å². The van der Waals surface area contributed by atoms with E-state index in [0.29, 0.717) is 5.41 Å². The predicted molar refractivity (Wildman–Crippen MR) is 60.8 cm³/mol. The highest BCUT2D eigenvalue weighted by Gasteiger charge is 2.28. The highest BCUT2D eigenvalue weighted by Crippen LogP contribution is 2.41. The van der Waals surface area contributed by atoms with E-state index >= 15 is 0 Å². The molecule has 1 aliphatic rings. The van der Waals surface area contributed by atoms with Crippen molar-refractivity contribution >= 4 is 11.3 Å². The number of thiophene rings is 1. The quantitative estimate of drug-likeness (QED) is 0.755. The van der Waals surface area contributed by atoms with Crippen molar-refractivity contribution in [2.75, 3.05) is 0 Å².